The predicted octanol–water partition coefficient (Wildman–Crippen LogP) is 3.40. The molecule has 0 bridgehead atoms. The Hall–Kier alpha value is -1.68. The molecule has 0 saturated carbocycles. The molecule has 0 unspecified atom stereocenters. The van der Waals surface area contributed by atoms with Crippen LogP contribution in [0.25, 0.3) is 5.69 Å². The maximum atomic E-state index is 12.4. The molecule has 1 heterocycles. The molecule has 0 amide bonds. The molecule has 92 valence electrons. The van der Waals surface area contributed by atoms with Crippen LogP contribution < -0.4 is 0 Å². The minimum absolute atomic E-state index is 0.0404. The highest BCUT2D eigenvalue weighted by Gasteiger charge is 2.15. The largest absolute Gasteiger partial charge is 0.306 e. The molecule has 0 N–H and O–H groups in total. The number of para-hydroxylation sites is 1. The summed E-state index contributed by atoms with van der Waals surface area (Å²) in [6.07, 6.45) is 7.05. The van der Waals surface area contributed by atoms with Gasteiger partial charge in [-0.1, -0.05) is 34.1 Å². The average Bonchev–Trinajstić information content (AvgIpc) is 2.94. The van der Waals surface area contributed by atoms with E-state index in [4.69, 9.17) is 0 Å². The number of hydrogen-bond acceptors (Lipinski definition) is 2. The molecule has 1 aromatic heterocycles. The summed E-state index contributed by atoms with van der Waals surface area (Å²) in [7, 11) is 0. The van der Waals surface area contributed by atoms with Gasteiger partial charge >= 0.3 is 0 Å². The highest BCUT2D eigenvalue weighted by Crippen LogP contribution is 2.18. The van der Waals surface area contributed by atoms with Crippen LogP contribution in [0.5, 0.6) is 0 Å². The summed E-state index contributed by atoms with van der Waals surface area (Å²) in [6, 6.07) is 7.53. The maximum Gasteiger partial charge on any atom is 0.191 e. The molecule has 2 rings (SSSR count). The van der Waals surface area contributed by atoms with E-state index >= 15 is 0 Å². The summed E-state index contributed by atoms with van der Waals surface area (Å²) in [6.45, 7) is 1.87. The van der Waals surface area contributed by atoms with E-state index in [2.05, 4.69) is 20.9 Å². The van der Waals surface area contributed by atoms with E-state index in [0.717, 1.165) is 11.3 Å². The van der Waals surface area contributed by atoms with Crippen molar-refractivity contribution in [2.24, 2.45) is 0 Å². The minimum atomic E-state index is 0.0404. The zero-order valence-corrected chi connectivity index (χ0v) is 11.6. The van der Waals surface area contributed by atoms with Gasteiger partial charge in [0.2, 0.25) is 0 Å². The third-order valence-electron chi connectivity index (χ3n) is 2.72. The molecule has 18 heavy (non-hydrogen) atoms. The highest BCUT2D eigenvalue weighted by molar-refractivity contribution is 9.09. The summed E-state index contributed by atoms with van der Waals surface area (Å²) < 4.78 is 1.84. The second-order valence-electron chi connectivity index (χ2n) is 3.76. The first kappa shape index (κ1) is 12.8. The number of carbonyl (C=O) groups is 1. The molecule has 0 saturated heterocycles. The van der Waals surface area contributed by atoms with Gasteiger partial charge in [-0.2, -0.15) is 0 Å². The summed E-state index contributed by atoms with van der Waals surface area (Å²) in [5.74, 6) is 0.0404. The van der Waals surface area contributed by atoms with E-state index in [1.54, 1.807) is 12.5 Å². The monoisotopic (exact) mass is 304 g/mol. The van der Waals surface area contributed by atoms with Crippen molar-refractivity contribution in [1.29, 1.82) is 0 Å². The van der Waals surface area contributed by atoms with Crippen molar-refractivity contribution in [3.63, 3.8) is 0 Å². The fraction of sp³-hybridized carbons (Fsp3) is 0.143. The number of rotatable bonds is 4. The van der Waals surface area contributed by atoms with Gasteiger partial charge in [-0.15, -0.1) is 0 Å². The average molecular weight is 305 g/mol. The number of Topliss-reactive ketones (excluding diaryl/α,β-unsaturated/α-hetero) is 1. The third kappa shape index (κ3) is 2.43. The number of imidazole rings is 1. The number of nitrogens with zero attached hydrogens (tertiary/aromatic N) is 2. The summed E-state index contributed by atoms with van der Waals surface area (Å²) in [4.78, 5) is 16.4. The number of carbonyl (C=O) groups excluding carboxylic acids is 1. The molecule has 1 aromatic carbocycles. The number of alkyl halides is 1. The van der Waals surface area contributed by atoms with Crippen molar-refractivity contribution in [2.75, 3.05) is 5.33 Å². The Labute approximate surface area is 114 Å². The van der Waals surface area contributed by atoms with Crippen LogP contribution in [0.2, 0.25) is 0 Å². The van der Waals surface area contributed by atoms with Crippen molar-refractivity contribution in [1.82, 2.24) is 9.55 Å². The van der Waals surface area contributed by atoms with Crippen LogP contribution in [-0.4, -0.2) is 20.7 Å². The van der Waals surface area contributed by atoms with E-state index < -0.39 is 0 Å². The van der Waals surface area contributed by atoms with Crippen molar-refractivity contribution >= 4 is 21.7 Å². The summed E-state index contributed by atoms with van der Waals surface area (Å²) >= 11 is 3.34. The summed E-state index contributed by atoms with van der Waals surface area (Å²) in [5.41, 5.74) is 2.28. The Morgan fingerprint density at radius 3 is 2.83 bits per heavy atom. The molecule has 0 radical (unpaired) electrons. The second kappa shape index (κ2) is 5.78. The van der Waals surface area contributed by atoms with Crippen molar-refractivity contribution < 1.29 is 4.79 Å². The Bertz CT molecular complexity index is 573. The smallest absolute Gasteiger partial charge is 0.191 e. The number of aromatic nitrogens is 2. The first-order chi connectivity index (χ1) is 8.77. The van der Waals surface area contributed by atoms with E-state index in [0.29, 0.717) is 10.9 Å². The topological polar surface area (TPSA) is 34.9 Å². The fourth-order valence-electron chi connectivity index (χ4n) is 1.73. The molecule has 2 aromatic rings. The quantitative estimate of drug-likeness (QED) is 0.493. The lowest BCUT2D eigenvalue weighted by atomic mass is 10.0. The first-order valence-electron chi connectivity index (χ1n) is 5.61. The summed E-state index contributed by atoms with van der Waals surface area (Å²) in [5, 5.41) is 0.556. The van der Waals surface area contributed by atoms with Gasteiger partial charge in [-0.3, -0.25) is 4.79 Å². The van der Waals surface area contributed by atoms with Gasteiger partial charge in [0.05, 0.1) is 12.0 Å². The van der Waals surface area contributed by atoms with Crippen LogP contribution >= 0.6 is 15.9 Å². The molecule has 4 heteroatoms. The van der Waals surface area contributed by atoms with Gasteiger partial charge in [0.25, 0.3) is 0 Å². The Kier molecular flexibility index (Phi) is 4.10. The predicted molar refractivity (Wildman–Crippen MR) is 75.4 cm³/mol. The third-order valence-corrected chi connectivity index (χ3v) is 3.32. The van der Waals surface area contributed by atoms with Crippen LogP contribution in [0.3, 0.4) is 0 Å². The Morgan fingerprint density at radius 2 is 2.22 bits per heavy atom. The van der Waals surface area contributed by atoms with Gasteiger partial charge in [-0.25, -0.2) is 4.98 Å². The second-order valence-corrected chi connectivity index (χ2v) is 4.32. The van der Waals surface area contributed by atoms with E-state index in [1.165, 1.54) is 0 Å². The zero-order valence-electron chi connectivity index (χ0n) is 10.0. The lowest BCUT2D eigenvalue weighted by molar-refractivity contribution is 0.103. The molecule has 0 aliphatic carbocycles. The zero-order chi connectivity index (χ0) is 13.0. The fourth-order valence-corrected chi connectivity index (χ4v) is 2.31. The first-order valence-corrected chi connectivity index (χ1v) is 6.73. The van der Waals surface area contributed by atoms with E-state index in [1.807, 2.05) is 48.0 Å². The molecule has 0 atom stereocenters. The molecular formula is C14H13BrN2O. The lowest BCUT2D eigenvalue weighted by Crippen LogP contribution is -2.08. The van der Waals surface area contributed by atoms with Crippen LogP contribution in [0.1, 0.15) is 17.3 Å². The number of benzene rings is 1. The van der Waals surface area contributed by atoms with Gasteiger partial charge < -0.3 is 4.57 Å². The van der Waals surface area contributed by atoms with Crippen molar-refractivity contribution in [2.45, 2.75) is 6.92 Å². The molecule has 0 spiro atoms. The van der Waals surface area contributed by atoms with Gasteiger partial charge in [-0.05, 0) is 19.1 Å². The molecule has 0 fully saturated rings. The number of allylic oxidation sites excluding steroid dienone is 2. The SMILES string of the molecule is C/C=C(\CBr)C(=O)c1ccccc1-n1ccnc1. The van der Waals surface area contributed by atoms with Gasteiger partial charge in [0.1, 0.15) is 0 Å². The molecule has 0 aliphatic heterocycles. The lowest BCUT2D eigenvalue weighted by Gasteiger charge is -2.10. The van der Waals surface area contributed by atoms with Crippen LogP contribution in [0.15, 0.2) is 54.6 Å². The van der Waals surface area contributed by atoms with Crippen molar-refractivity contribution in [3.8, 4) is 5.69 Å². The standard InChI is InChI=1S/C14H13BrN2O/c1-2-11(9-15)14(18)12-5-3-4-6-13(12)17-8-7-16-10-17/h2-8,10H,9H2,1H3/b11-2+. The Balaban J connectivity index is 2.49. The van der Waals surface area contributed by atoms with Crippen LogP contribution in [-0.2, 0) is 0 Å². The Morgan fingerprint density at radius 1 is 1.44 bits per heavy atom. The minimum Gasteiger partial charge on any atom is -0.306 e. The van der Waals surface area contributed by atoms with Crippen LogP contribution in [0, 0.1) is 0 Å². The van der Waals surface area contributed by atoms with E-state index in [-0.39, 0.29) is 5.78 Å². The number of ketones is 1. The van der Waals surface area contributed by atoms with Crippen molar-refractivity contribution in [3.05, 3.63) is 60.2 Å². The number of halogens is 1. The van der Waals surface area contributed by atoms with Gasteiger partial charge in [0, 0.05) is 28.9 Å². The molecule has 0 aliphatic rings. The molecule has 3 nitrogen and oxygen atoms in total. The van der Waals surface area contributed by atoms with Gasteiger partial charge in [0.15, 0.2) is 5.78 Å². The van der Waals surface area contributed by atoms with Crippen LogP contribution in [0.4, 0.5) is 0 Å². The molecular weight excluding hydrogens is 292 g/mol. The van der Waals surface area contributed by atoms with E-state index in [9.17, 15) is 4.79 Å². The normalized spacial score (nSPS) is 11.6. The number of hydrogen-bond donors (Lipinski definition) is 0. The maximum absolute atomic E-state index is 12.4. The highest BCUT2D eigenvalue weighted by atomic mass is 79.9.